The van der Waals surface area contributed by atoms with Crippen molar-refractivity contribution in [2.45, 2.75) is 38.6 Å². The second-order valence-corrected chi connectivity index (χ2v) is 5.56. The van der Waals surface area contributed by atoms with Crippen molar-refractivity contribution in [1.82, 2.24) is 10.6 Å². The zero-order valence-electron chi connectivity index (χ0n) is 13.1. The number of anilines is 1. The Balaban J connectivity index is 0.00000242. The summed E-state index contributed by atoms with van der Waals surface area (Å²) in [7, 11) is 1.73. The third-order valence-corrected chi connectivity index (χ3v) is 3.79. The van der Waals surface area contributed by atoms with Gasteiger partial charge in [0.1, 0.15) is 0 Å². The fourth-order valence-electron chi connectivity index (χ4n) is 2.64. The van der Waals surface area contributed by atoms with Crippen LogP contribution in [0.3, 0.4) is 0 Å². The second kappa shape index (κ2) is 8.76. The molecule has 0 spiro atoms. The van der Waals surface area contributed by atoms with Crippen LogP contribution < -0.4 is 16.0 Å². The number of benzene rings is 1. The Morgan fingerprint density at radius 1 is 1.23 bits per heavy atom. The summed E-state index contributed by atoms with van der Waals surface area (Å²) in [5.41, 5.74) is 2.28. The van der Waals surface area contributed by atoms with Gasteiger partial charge in [-0.1, -0.05) is 12.8 Å². The molecule has 22 heavy (non-hydrogen) atoms. The molecule has 0 unspecified atom stereocenters. The summed E-state index contributed by atoms with van der Waals surface area (Å²) in [5.74, 6) is -0.123. The van der Waals surface area contributed by atoms with Crippen molar-refractivity contribution in [2.75, 3.05) is 18.9 Å². The van der Waals surface area contributed by atoms with Gasteiger partial charge in [0.15, 0.2) is 0 Å². The summed E-state index contributed by atoms with van der Waals surface area (Å²) in [6.07, 6.45) is 4.53. The zero-order chi connectivity index (χ0) is 15.2. The number of amides is 2. The molecule has 0 radical (unpaired) electrons. The Kier molecular flexibility index (Phi) is 7.35. The van der Waals surface area contributed by atoms with Crippen LogP contribution in [0.4, 0.5) is 5.69 Å². The number of hydrogen-bond acceptors (Lipinski definition) is 3. The molecule has 2 rings (SSSR count). The zero-order valence-corrected chi connectivity index (χ0v) is 13.9. The van der Waals surface area contributed by atoms with Crippen LogP contribution in [-0.4, -0.2) is 31.4 Å². The van der Waals surface area contributed by atoms with Gasteiger partial charge in [-0.05, 0) is 50.6 Å². The fourth-order valence-corrected chi connectivity index (χ4v) is 2.64. The molecule has 0 atom stereocenters. The van der Waals surface area contributed by atoms with Crippen molar-refractivity contribution >= 4 is 29.9 Å². The molecule has 3 N–H and O–H groups in total. The van der Waals surface area contributed by atoms with E-state index in [9.17, 15) is 9.59 Å². The molecule has 1 aliphatic carbocycles. The number of carbonyl (C=O) groups excluding carboxylic acids is 2. The van der Waals surface area contributed by atoms with Crippen LogP contribution in [-0.2, 0) is 4.79 Å². The number of rotatable bonds is 5. The van der Waals surface area contributed by atoms with Crippen LogP contribution in [0.25, 0.3) is 0 Å². The summed E-state index contributed by atoms with van der Waals surface area (Å²) in [5, 5.41) is 8.68. The van der Waals surface area contributed by atoms with E-state index in [1.807, 2.05) is 13.0 Å². The van der Waals surface area contributed by atoms with Gasteiger partial charge in [-0.2, -0.15) is 0 Å². The first-order valence-corrected chi connectivity index (χ1v) is 7.46. The van der Waals surface area contributed by atoms with Crippen LogP contribution in [0, 0.1) is 6.92 Å². The van der Waals surface area contributed by atoms with E-state index in [1.54, 1.807) is 19.2 Å². The molecule has 0 aromatic heterocycles. The van der Waals surface area contributed by atoms with Crippen LogP contribution in [0.5, 0.6) is 0 Å². The van der Waals surface area contributed by atoms with Crippen molar-refractivity contribution in [3.05, 3.63) is 29.3 Å². The van der Waals surface area contributed by atoms with E-state index < -0.39 is 0 Å². The monoisotopic (exact) mass is 325 g/mol. The summed E-state index contributed by atoms with van der Waals surface area (Å²) in [6.45, 7) is 2.16. The first-order chi connectivity index (χ1) is 10.1. The van der Waals surface area contributed by atoms with Gasteiger partial charge in [-0.3, -0.25) is 9.59 Å². The summed E-state index contributed by atoms with van der Waals surface area (Å²) >= 11 is 0. The normalized spacial score (nSPS) is 14.3. The van der Waals surface area contributed by atoms with Gasteiger partial charge < -0.3 is 16.0 Å². The first-order valence-electron chi connectivity index (χ1n) is 7.46. The van der Waals surface area contributed by atoms with Crippen molar-refractivity contribution < 1.29 is 9.59 Å². The lowest BCUT2D eigenvalue weighted by Gasteiger charge is -2.13. The molecule has 1 aromatic rings. The Morgan fingerprint density at radius 2 is 1.91 bits per heavy atom. The van der Waals surface area contributed by atoms with Crippen molar-refractivity contribution in [2.24, 2.45) is 0 Å². The lowest BCUT2D eigenvalue weighted by Crippen LogP contribution is -2.32. The van der Waals surface area contributed by atoms with Crippen LogP contribution in [0.2, 0.25) is 0 Å². The molecular weight excluding hydrogens is 302 g/mol. The Morgan fingerprint density at radius 3 is 2.50 bits per heavy atom. The van der Waals surface area contributed by atoms with Crippen molar-refractivity contribution in [3.8, 4) is 0 Å². The van der Waals surface area contributed by atoms with Crippen molar-refractivity contribution in [3.63, 3.8) is 0 Å². The molecule has 6 heteroatoms. The SMILES string of the molecule is CNCC(=O)Nc1ccc(C(=O)NC2CCCC2)cc1C.Cl. The minimum Gasteiger partial charge on any atom is -0.349 e. The molecule has 122 valence electrons. The van der Waals surface area contributed by atoms with E-state index >= 15 is 0 Å². The van der Waals surface area contributed by atoms with E-state index in [2.05, 4.69) is 16.0 Å². The first kappa shape index (κ1) is 18.5. The number of likely N-dealkylation sites (N-methyl/N-ethyl adjacent to an activating group) is 1. The van der Waals surface area contributed by atoms with Gasteiger partial charge >= 0.3 is 0 Å². The molecule has 1 aliphatic rings. The summed E-state index contributed by atoms with van der Waals surface area (Å²) in [6, 6.07) is 5.67. The highest BCUT2D eigenvalue weighted by Gasteiger charge is 2.18. The third kappa shape index (κ3) is 5.00. The maximum atomic E-state index is 12.2. The Labute approximate surface area is 137 Å². The topological polar surface area (TPSA) is 70.2 Å². The van der Waals surface area contributed by atoms with Gasteiger partial charge in [0.25, 0.3) is 5.91 Å². The molecule has 0 aliphatic heterocycles. The number of halogens is 1. The smallest absolute Gasteiger partial charge is 0.251 e. The average molecular weight is 326 g/mol. The standard InChI is InChI=1S/C16H23N3O2.ClH/c1-11-9-12(16(21)18-13-5-3-4-6-13)7-8-14(11)19-15(20)10-17-2;/h7-9,13,17H,3-6,10H2,1-2H3,(H,18,21)(H,19,20);1H. The predicted molar refractivity (Wildman–Crippen MR) is 90.7 cm³/mol. The van der Waals surface area contributed by atoms with Crippen LogP contribution in [0.1, 0.15) is 41.6 Å². The van der Waals surface area contributed by atoms with E-state index in [1.165, 1.54) is 12.8 Å². The maximum Gasteiger partial charge on any atom is 0.251 e. The molecule has 5 nitrogen and oxygen atoms in total. The summed E-state index contributed by atoms with van der Waals surface area (Å²) < 4.78 is 0. The average Bonchev–Trinajstić information content (AvgIpc) is 2.94. The van der Waals surface area contributed by atoms with Crippen LogP contribution in [0.15, 0.2) is 18.2 Å². The lowest BCUT2D eigenvalue weighted by molar-refractivity contribution is -0.115. The molecule has 0 bridgehead atoms. The molecule has 0 saturated heterocycles. The van der Waals surface area contributed by atoms with Gasteiger partial charge in [-0.15, -0.1) is 12.4 Å². The maximum absolute atomic E-state index is 12.2. The van der Waals surface area contributed by atoms with Crippen molar-refractivity contribution in [1.29, 1.82) is 0 Å². The van der Waals surface area contributed by atoms with Gasteiger partial charge in [0.05, 0.1) is 6.54 Å². The minimum absolute atomic E-state index is 0. The number of nitrogens with one attached hydrogen (secondary N) is 3. The quantitative estimate of drug-likeness (QED) is 0.777. The van der Waals surface area contributed by atoms with Gasteiger partial charge in [0.2, 0.25) is 5.91 Å². The minimum atomic E-state index is -0.0937. The van der Waals surface area contributed by atoms with Gasteiger partial charge in [-0.25, -0.2) is 0 Å². The molecule has 1 fully saturated rings. The highest BCUT2D eigenvalue weighted by Crippen LogP contribution is 2.20. The Hall–Kier alpha value is -1.59. The predicted octanol–water partition coefficient (Wildman–Crippen LogP) is 2.25. The number of carbonyl (C=O) groups is 2. The third-order valence-electron chi connectivity index (χ3n) is 3.79. The van der Waals surface area contributed by atoms with Crippen LogP contribution >= 0.6 is 12.4 Å². The Bertz CT molecular complexity index is 528. The largest absolute Gasteiger partial charge is 0.349 e. The molecular formula is C16H24ClN3O2. The highest BCUT2D eigenvalue weighted by molar-refractivity contribution is 5.97. The van der Waals surface area contributed by atoms with E-state index in [4.69, 9.17) is 0 Å². The molecule has 0 heterocycles. The van der Waals surface area contributed by atoms with E-state index in [0.29, 0.717) is 11.6 Å². The lowest BCUT2D eigenvalue weighted by atomic mass is 10.1. The van der Waals surface area contributed by atoms with E-state index in [-0.39, 0.29) is 30.8 Å². The highest BCUT2D eigenvalue weighted by atomic mass is 35.5. The number of hydrogen-bond donors (Lipinski definition) is 3. The molecule has 1 aromatic carbocycles. The fraction of sp³-hybridized carbons (Fsp3) is 0.500. The molecule has 2 amide bonds. The second-order valence-electron chi connectivity index (χ2n) is 5.56. The van der Waals surface area contributed by atoms with Gasteiger partial charge in [0, 0.05) is 17.3 Å². The molecule has 1 saturated carbocycles. The summed E-state index contributed by atoms with van der Waals surface area (Å²) in [4.78, 5) is 23.7. The van der Waals surface area contributed by atoms with E-state index in [0.717, 1.165) is 24.1 Å². The number of aryl methyl sites for hydroxylation is 1.